The summed E-state index contributed by atoms with van der Waals surface area (Å²) < 4.78 is 0. The molecule has 1 aliphatic heterocycles. The summed E-state index contributed by atoms with van der Waals surface area (Å²) in [4.78, 5) is 2.50. The third-order valence-electron chi connectivity index (χ3n) is 2.20. The molecule has 1 saturated heterocycles. The lowest BCUT2D eigenvalue weighted by molar-refractivity contribution is 0.212. The molecule has 11 heavy (non-hydrogen) atoms. The molecule has 2 nitrogen and oxygen atoms in total. The molecule has 1 atom stereocenters. The zero-order valence-electron chi connectivity index (χ0n) is 7.51. The van der Waals surface area contributed by atoms with Crippen LogP contribution in [0.5, 0.6) is 0 Å². The van der Waals surface area contributed by atoms with Gasteiger partial charge in [-0.2, -0.15) is 0 Å². The molecule has 0 bridgehead atoms. The number of nitrogens with one attached hydrogen (secondary N) is 1. The van der Waals surface area contributed by atoms with Gasteiger partial charge in [0.25, 0.3) is 0 Å². The van der Waals surface area contributed by atoms with E-state index in [2.05, 4.69) is 36.2 Å². The predicted octanol–water partition coefficient (Wildman–Crippen LogP) is 0.856. The van der Waals surface area contributed by atoms with Gasteiger partial charge in [-0.05, 0) is 13.8 Å². The zero-order valence-corrected chi connectivity index (χ0v) is 7.51. The van der Waals surface area contributed by atoms with Crippen LogP contribution in [0.1, 0.15) is 13.8 Å². The van der Waals surface area contributed by atoms with Crippen molar-refractivity contribution in [3.05, 3.63) is 12.2 Å². The fourth-order valence-electron chi connectivity index (χ4n) is 1.49. The number of allylic oxidation sites excluding steroid dienone is 1. The molecule has 64 valence electrons. The van der Waals surface area contributed by atoms with Crippen molar-refractivity contribution >= 4 is 0 Å². The first-order valence-corrected chi connectivity index (χ1v) is 4.42. The van der Waals surface area contributed by atoms with Crippen LogP contribution in [-0.2, 0) is 0 Å². The van der Waals surface area contributed by atoms with Gasteiger partial charge in [-0.25, -0.2) is 0 Å². The minimum Gasteiger partial charge on any atom is -0.314 e. The molecule has 1 unspecified atom stereocenters. The second-order valence-corrected chi connectivity index (χ2v) is 3.05. The highest BCUT2D eigenvalue weighted by molar-refractivity contribution is 4.90. The van der Waals surface area contributed by atoms with Crippen LogP contribution in [0.4, 0.5) is 0 Å². The molecule has 0 aromatic rings. The minimum absolute atomic E-state index is 0.613. The summed E-state index contributed by atoms with van der Waals surface area (Å²) in [5, 5.41) is 3.35. The van der Waals surface area contributed by atoms with Crippen molar-refractivity contribution in [3.63, 3.8) is 0 Å². The molecule has 1 heterocycles. The fraction of sp³-hybridized carbons (Fsp3) is 0.778. The maximum atomic E-state index is 3.35. The Bertz CT molecular complexity index is 126. The largest absolute Gasteiger partial charge is 0.314 e. The van der Waals surface area contributed by atoms with E-state index in [1.165, 1.54) is 13.1 Å². The van der Waals surface area contributed by atoms with Gasteiger partial charge in [-0.3, -0.25) is 4.90 Å². The van der Waals surface area contributed by atoms with E-state index in [0.29, 0.717) is 6.04 Å². The fourth-order valence-corrected chi connectivity index (χ4v) is 1.49. The summed E-state index contributed by atoms with van der Waals surface area (Å²) in [5.41, 5.74) is 0. The van der Waals surface area contributed by atoms with Crippen LogP contribution in [-0.4, -0.2) is 37.1 Å². The number of piperazine rings is 1. The van der Waals surface area contributed by atoms with Crippen molar-refractivity contribution in [2.75, 3.05) is 26.2 Å². The molecule has 0 aliphatic carbocycles. The summed E-state index contributed by atoms with van der Waals surface area (Å²) in [6, 6.07) is 0.613. The Labute approximate surface area is 69.3 Å². The van der Waals surface area contributed by atoms with Crippen molar-refractivity contribution < 1.29 is 0 Å². The maximum Gasteiger partial charge on any atom is 0.0250 e. The molecule has 0 aromatic heterocycles. The van der Waals surface area contributed by atoms with Gasteiger partial charge in [-0.1, -0.05) is 12.2 Å². The van der Waals surface area contributed by atoms with Gasteiger partial charge in [0.2, 0.25) is 0 Å². The molecule has 0 spiro atoms. The quantitative estimate of drug-likeness (QED) is 0.593. The summed E-state index contributed by atoms with van der Waals surface area (Å²) >= 11 is 0. The van der Waals surface area contributed by atoms with Crippen molar-refractivity contribution in [2.24, 2.45) is 0 Å². The standard InChI is InChI=1S/C9H18N2/c1-3-4-9(2)11-7-5-10-6-8-11/h3-4,9-10H,5-8H2,1-2H3/b4-3-. The summed E-state index contributed by atoms with van der Waals surface area (Å²) in [6.07, 6.45) is 4.39. The summed E-state index contributed by atoms with van der Waals surface area (Å²) in [6.45, 7) is 8.99. The lowest BCUT2D eigenvalue weighted by atomic mass is 10.2. The molecule has 0 radical (unpaired) electrons. The molecule has 1 fully saturated rings. The van der Waals surface area contributed by atoms with Gasteiger partial charge < -0.3 is 5.32 Å². The Hall–Kier alpha value is -0.340. The lowest BCUT2D eigenvalue weighted by Crippen LogP contribution is -2.46. The number of hydrogen-bond donors (Lipinski definition) is 1. The Morgan fingerprint density at radius 2 is 2.00 bits per heavy atom. The van der Waals surface area contributed by atoms with Crippen molar-refractivity contribution in [1.82, 2.24) is 10.2 Å². The molecule has 1 aliphatic rings. The molecule has 0 amide bonds. The molecular formula is C9H18N2. The Morgan fingerprint density at radius 1 is 1.36 bits per heavy atom. The molecule has 1 N–H and O–H groups in total. The highest BCUT2D eigenvalue weighted by Gasteiger charge is 2.12. The van der Waals surface area contributed by atoms with Gasteiger partial charge in [0.1, 0.15) is 0 Å². The average molecular weight is 154 g/mol. The zero-order chi connectivity index (χ0) is 8.10. The van der Waals surface area contributed by atoms with Gasteiger partial charge in [0, 0.05) is 32.2 Å². The first-order chi connectivity index (χ1) is 5.34. The van der Waals surface area contributed by atoms with Crippen molar-refractivity contribution in [1.29, 1.82) is 0 Å². The number of nitrogens with zero attached hydrogens (tertiary/aromatic N) is 1. The van der Waals surface area contributed by atoms with E-state index >= 15 is 0 Å². The van der Waals surface area contributed by atoms with Crippen LogP contribution in [0, 0.1) is 0 Å². The third kappa shape index (κ3) is 2.64. The van der Waals surface area contributed by atoms with Crippen LogP contribution >= 0.6 is 0 Å². The average Bonchev–Trinajstić information content (AvgIpc) is 2.07. The van der Waals surface area contributed by atoms with Crippen molar-refractivity contribution in [2.45, 2.75) is 19.9 Å². The van der Waals surface area contributed by atoms with Crippen LogP contribution in [0.25, 0.3) is 0 Å². The van der Waals surface area contributed by atoms with E-state index in [1.54, 1.807) is 0 Å². The molecule has 2 heteroatoms. The van der Waals surface area contributed by atoms with E-state index in [4.69, 9.17) is 0 Å². The Morgan fingerprint density at radius 3 is 2.55 bits per heavy atom. The van der Waals surface area contributed by atoms with E-state index in [0.717, 1.165) is 13.1 Å². The normalized spacial score (nSPS) is 24.2. The SMILES string of the molecule is C/C=C\C(C)N1CCNCC1. The summed E-state index contributed by atoms with van der Waals surface area (Å²) in [7, 11) is 0. The predicted molar refractivity (Wildman–Crippen MR) is 48.7 cm³/mol. The second-order valence-electron chi connectivity index (χ2n) is 3.05. The van der Waals surface area contributed by atoms with Crippen LogP contribution in [0.15, 0.2) is 12.2 Å². The first-order valence-electron chi connectivity index (χ1n) is 4.42. The minimum atomic E-state index is 0.613. The Balaban J connectivity index is 2.32. The molecule has 1 rings (SSSR count). The number of hydrogen-bond acceptors (Lipinski definition) is 2. The van der Waals surface area contributed by atoms with Gasteiger partial charge >= 0.3 is 0 Å². The maximum absolute atomic E-state index is 3.35. The van der Waals surface area contributed by atoms with Crippen LogP contribution < -0.4 is 5.32 Å². The molecular weight excluding hydrogens is 136 g/mol. The molecule has 0 aromatic carbocycles. The van der Waals surface area contributed by atoms with Crippen LogP contribution in [0.3, 0.4) is 0 Å². The van der Waals surface area contributed by atoms with Gasteiger partial charge in [0.15, 0.2) is 0 Å². The first kappa shape index (κ1) is 8.75. The smallest absolute Gasteiger partial charge is 0.0250 e. The van der Waals surface area contributed by atoms with E-state index in [-0.39, 0.29) is 0 Å². The Kier molecular flexibility index (Phi) is 3.60. The lowest BCUT2D eigenvalue weighted by Gasteiger charge is -2.31. The summed E-state index contributed by atoms with van der Waals surface area (Å²) in [5.74, 6) is 0. The third-order valence-corrected chi connectivity index (χ3v) is 2.20. The highest BCUT2D eigenvalue weighted by atomic mass is 15.2. The molecule has 0 saturated carbocycles. The van der Waals surface area contributed by atoms with Gasteiger partial charge in [-0.15, -0.1) is 0 Å². The van der Waals surface area contributed by atoms with Crippen LogP contribution in [0.2, 0.25) is 0 Å². The van der Waals surface area contributed by atoms with Gasteiger partial charge in [0.05, 0.1) is 0 Å². The monoisotopic (exact) mass is 154 g/mol. The van der Waals surface area contributed by atoms with E-state index in [9.17, 15) is 0 Å². The second kappa shape index (κ2) is 4.52. The number of rotatable bonds is 2. The van der Waals surface area contributed by atoms with E-state index in [1.807, 2.05) is 0 Å². The topological polar surface area (TPSA) is 15.3 Å². The highest BCUT2D eigenvalue weighted by Crippen LogP contribution is 2.01. The van der Waals surface area contributed by atoms with E-state index < -0.39 is 0 Å². The van der Waals surface area contributed by atoms with Crippen molar-refractivity contribution in [3.8, 4) is 0 Å².